The fourth-order valence-electron chi connectivity index (χ4n) is 2.04. The van der Waals surface area contributed by atoms with Crippen LogP contribution in [0.2, 0.25) is 0 Å². The number of halogens is 3. The Hall–Kier alpha value is -2.91. The summed E-state index contributed by atoms with van der Waals surface area (Å²) in [5.74, 6) is -0.440. The second-order valence-electron chi connectivity index (χ2n) is 4.87. The monoisotopic (exact) mass is 324 g/mol. The van der Waals surface area contributed by atoms with Crippen molar-refractivity contribution in [3.8, 4) is 0 Å². The van der Waals surface area contributed by atoms with E-state index in [9.17, 15) is 18.0 Å². The van der Waals surface area contributed by atoms with Crippen LogP contribution in [0.5, 0.6) is 0 Å². The highest BCUT2D eigenvalue weighted by molar-refractivity contribution is 6.01. The Morgan fingerprint density at radius 1 is 1.39 bits per heavy atom. The molecule has 2 N–H and O–H groups in total. The minimum Gasteiger partial charge on any atom is -0.307 e. The number of H-pyrrole nitrogens is 1. The maximum atomic E-state index is 12.8. The zero-order valence-electron chi connectivity index (χ0n) is 11.8. The Morgan fingerprint density at radius 2 is 2.17 bits per heavy atom. The van der Waals surface area contributed by atoms with E-state index >= 15 is 0 Å². The van der Waals surface area contributed by atoms with Crippen molar-refractivity contribution < 1.29 is 18.0 Å². The van der Waals surface area contributed by atoms with Crippen LogP contribution in [0.1, 0.15) is 18.5 Å². The van der Waals surface area contributed by atoms with Crippen molar-refractivity contribution in [3.63, 3.8) is 0 Å². The molecule has 0 spiro atoms. The van der Waals surface area contributed by atoms with Crippen molar-refractivity contribution in [2.24, 2.45) is 0 Å². The maximum absolute atomic E-state index is 12.8. The van der Waals surface area contributed by atoms with Gasteiger partial charge in [0.1, 0.15) is 18.7 Å². The molecule has 1 aromatic carbocycles. The van der Waals surface area contributed by atoms with Crippen molar-refractivity contribution in [2.45, 2.75) is 19.1 Å². The number of anilines is 1. The highest BCUT2D eigenvalue weighted by atomic mass is 19.4. The number of carbonyl (C=O) groups excluding carboxylic acids is 1. The quantitative estimate of drug-likeness (QED) is 0.774. The standard InChI is InChI=1S/C13H11F3N6O/c1-7(22-6-17-5-18-22)12(23)19-11-9-4-8(13(14,15)16)2-3-10(9)20-21-11/h2-7H,1H3,(H2,19,20,21,23)/t7-/m1/s1. The summed E-state index contributed by atoms with van der Waals surface area (Å²) in [5, 5.41) is 12.9. The van der Waals surface area contributed by atoms with Crippen LogP contribution in [0.3, 0.4) is 0 Å². The number of fused-ring (bicyclic) bond motifs is 1. The fraction of sp³-hybridized carbons (Fsp3) is 0.231. The number of aromatic nitrogens is 5. The topological polar surface area (TPSA) is 88.5 Å². The number of carbonyl (C=O) groups is 1. The molecule has 0 aliphatic heterocycles. The molecule has 3 aromatic rings. The third-order valence-electron chi connectivity index (χ3n) is 3.34. The molecule has 7 nitrogen and oxygen atoms in total. The highest BCUT2D eigenvalue weighted by Crippen LogP contribution is 2.32. The van der Waals surface area contributed by atoms with E-state index in [-0.39, 0.29) is 11.2 Å². The predicted octanol–water partition coefficient (Wildman–Crippen LogP) is 2.37. The summed E-state index contributed by atoms with van der Waals surface area (Å²) in [5.41, 5.74) is -0.423. The van der Waals surface area contributed by atoms with E-state index in [0.717, 1.165) is 12.1 Å². The highest BCUT2D eigenvalue weighted by Gasteiger charge is 2.31. The summed E-state index contributed by atoms with van der Waals surface area (Å²) in [6, 6.07) is 2.47. The SMILES string of the molecule is C[C@H](C(=O)Nc1n[nH]c2ccc(C(F)(F)F)cc12)n1cncn1. The van der Waals surface area contributed by atoms with Gasteiger partial charge in [0.2, 0.25) is 5.91 Å². The Bertz CT molecular complexity index is 839. The maximum Gasteiger partial charge on any atom is 0.416 e. The lowest BCUT2D eigenvalue weighted by atomic mass is 10.1. The third kappa shape index (κ3) is 2.87. The number of amides is 1. The first-order valence-corrected chi connectivity index (χ1v) is 6.56. The van der Waals surface area contributed by atoms with E-state index < -0.39 is 23.7 Å². The number of benzene rings is 1. The molecule has 3 rings (SSSR count). The predicted molar refractivity (Wildman–Crippen MR) is 74.5 cm³/mol. The molecule has 0 unspecified atom stereocenters. The average Bonchev–Trinajstić information content (AvgIpc) is 3.15. The Morgan fingerprint density at radius 3 is 2.83 bits per heavy atom. The zero-order valence-corrected chi connectivity index (χ0v) is 11.8. The van der Waals surface area contributed by atoms with Gasteiger partial charge in [-0.15, -0.1) is 0 Å². The van der Waals surface area contributed by atoms with Gasteiger partial charge in [0.15, 0.2) is 5.82 Å². The van der Waals surface area contributed by atoms with E-state index in [2.05, 4.69) is 25.6 Å². The first-order chi connectivity index (χ1) is 10.9. The number of alkyl halides is 3. The van der Waals surface area contributed by atoms with E-state index in [4.69, 9.17) is 0 Å². The molecule has 0 saturated heterocycles. The molecule has 23 heavy (non-hydrogen) atoms. The van der Waals surface area contributed by atoms with Crippen molar-refractivity contribution in [2.75, 3.05) is 5.32 Å². The summed E-state index contributed by atoms with van der Waals surface area (Å²) in [6.45, 7) is 1.58. The fourth-order valence-corrected chi connectivity index (χ4v) is 2.04. The van der Waals surface area contributed by atoms with Crippen LogP contribution in [-0.4, -0.2) is 30.9 Å². The lowest BCUT2D eigenvalue weighted by Crippen LogP contribution is -2.24. The van der Waals surface area contributed by atoms with Gasteiger partial charge in [0, 0.05) is 5.39 Å². The lowest BCUT2D eigenvalue weighted by Gasteiger charge is -2.11. The van der Waals surface area contributed by atoms with Gasteiger partial charge in [-0.3, -0.25) is 9.89 Å². The van der Waals surface area contributed by atoms with Gasteiger partial charge >= 0.3 is 6.18 Å². The van der Waals surface area contributed by atoms with Crippen molar-refractivity contribution >= 4 is 22.6 Å². The Kier molecular flexibility index (Phi) is 3.51. The van der Waals surface area contributed by atoms with Crippen molar-refractivity contribution in [1.82, 2.24) is 25.0 Å². The van der Waals surface area contributed by atoms with Crippen LogP contribution in [0.4, 0.5) is 19.0 Å². The molecule has 0 bridgehead atoms. The van der Waals surface area contributed by atoms with E-state index in [1.807, 2.05) is 0 Å². The number of aromatic amines is 1. The molecule has 2 heterocycles. The number of nitrogens with one attached hydrogen (secondary N) is 2. The Balaban J connectivity index is 1.89. The first-order valence-electron chi connectivity index (χ1n) is 6.56. The number of rotatable bonds is 3. The second-order valence-corrected chi connectivity index (χ2v) is 4.87. The summed E-state index contributed by atoms with van der Waals surface area (Å²) < 4.78 is 39.7. The third-order valence-corrected chi connectivity index (χ3v) is 3.34. The molecule has 0 fully saturated rings. The smallest absolute Gasteiger partial charge is 0.307 e. The van der Waals surface area contributed by atoms with Gasteiger partial charge in [0.05, 0.1) is 11.1 Å². The van der Waals surface area contributed by atoms with Gasteiger partial charge in [-0.1, -0.05) is 0 Å². The van der Waals surface area contributed by atoms with E-state index in [1.165, 1.54) is 23.4 Å². The number of hydrogen-bond donors (Lipinski definition) is 2. The lowest BCUT2D eigenvalue weighted by molar-refractivity contribution is -0.137. The van der Waals surface area contributed by atoms with Crippen molar-refractivity contribution in [3.05, 3.63) is 36.4 Å². The van der Waals surface area contributed by atoms with Crippen LogP contribution in [0.25, 0.3) is 10.9 Å². The van der Waals surface area contributed by atoms with Gasteiger partial charge in [-0.25, -0.2) is 9.67 Å². The minimum atomic E-state index is -4.47. The van der Waals surface area contributed by atoms with Crippen LogP contribution in [0, 0.1) is 0 Å². The molecule has 0 saturated carbocycles. The molecule has 10 heteroatoms. The minimum absolute atomic E-state index is 0.0306. The zero-order chi connectivity index (χ0) is 16.6. The van der Waals surface area contributed by atoms with Crippen LogP contribution in [-0.2, 0) is 11.0 Å². The second kappa shape index (κ2) is 5.38. The molecule has 1 amide bonds. The summed E-state index contributed by atoms with van der Waals surface area (Å²) >= 11 is 0. The first kappa shape index (κ1) is 15.0. The number of nitrogens with zero attached hydrogens (tertiary/aromatic N) is 4. The molecular formula is C13H11F3N6O. The normalized spacial score (nSPS) is 13.2. The molecule has 2 aromatic heterocycles. The molecular weight excluding hydrogens is 313 g/mol. The summed E-state index contributed by atoms with van der Waals surface area (Å²) in [4.78, 5) is 15.9. The number of hydrogen-bond acceptors (Lipinski definition) is 4. The average molecular weight is 324 g/mol. The van der Waals surface area contributed by atoms with E-state index in [0.29, 0.717) is 5.52 Å². The molecule has 1 atom stereocenters. The molecule has 120 valence electrons. The summed E-state index contributed by atoms with van der Waals surface area (Å²) in [6.07, 6.45) is -1.82. The summed E-state index contributed by atoms with van der Waals surface area (Å²) in [7, 11) is 0. The molecule has 0 aliphatic carbocycles. The van der Waals surface area contributed by atoms with Gasteiger partial charge in [-0.2, -0.15) is 23.4 Å². The van der Waals surface area contributed by atoms with Gasteiger partial charge in [-0.05, 0) is 25.1 Å². The Labute approximate surface area is 127 Å². The largest absolute Gasteiger partial charge is 0.416 e. The van der Waals surface area contributed by atoms with E-state index in [1.54, 1.807) is 6.92 Å². The van der Waals surface area contributed by atoms with Gasteiger partial charge < -0.3 is 5.32 Å². The molecule has 0 radical (unpaired) electrons. The van der Waals surface area contributed by atoms with Crippen LogP contribution < -0.4 is 5.32 Å². The van der Waals surface area contributed by atoms with Crippen molar-refractivity contribution in [1.29, 1.82) is 0 Å². The van der Waals surface area contributed by atoms with Crippen LogP contribution >= 0.6 is 0 Å². The van der Waals surface area contributed by atoms with Gasteiger partial charge in [0.25, 0.3) is 0 Å². The van der Waals surface area contributed by atoms with Crippen LogP contribution in [0.15, 0.2) is 30.9 Å². The molecule has 0 aliphatic rings.